The fraction of sp³-hybridized carbons (Fsp3) is 0.382. The molecule has 1 aliphatic rings. The lowest BCUT2D eigenvalue weighted by molar-refractivity contribution is -0.175. The highest BCUT2D eigenvalue weighted by Gasteiger charge is 2.47. The number of amides is 1. The number of nitrogens with zero attached hydrogens (tertiary/aromatic N) is 6. The van der Waals surface area contributed by atoms with E-state index in [2.05, 4.69) is 63.7 Å². The topological polar surface area (TPSA) is 155 Å². The Morgan fingerprint density at radius 2 is 1.61 bits per heavy atom. The molecule has 4 atom stereocenters. The van der Waals surface area contributed by atoms with Crippen molar-refractivity contribution in [2.24, 2.45) is 0 Å². The predicted octanol–water partition coefficient (Wildman–Crippen LogP) is 4.22. The molecule has 5 aromatic rings. The van der Waals surface area contributed by atoms with Crippen LogP contribution >= 0.6 is 0 Å². The summed E-state index contributed by atoms with van der Waals surface area (Å²) in [6.07, 6.45) is -2.72. The Balaban J connectivity index is 1.30. The summed E-state index contributed by atoms with van der Waals surface area (Å²) in [7, 11) is 0. The summed E-state index contributed by atoms with van der Waals surface area (Å²) < 4.78 is 42.5. The van der Waals surface area contributed by atoms with Gasteiger partial charge < -0.3 is 35.3 Å². The molecule has 6 rings (SSSR count). The third kappa shape index (κ3) is 7.52. The SMILES string of the molecule is CC(C)n1cnc(CCNc2nc(NCC(c3ccccc3)c3ccccc3)c3ncn([C@@H]4C[C@H](NC(=O)C(F)(F)F)[C@@H](O)[C@H]4O)c3n2)c1. The fourth-order valence-electron chi connectivity index (χ4n) is 6.13. The number of hydrogen-bond acceptors (Lipinski definition) is 9. The van der Waals surface area contributed by atoms with Crippen molar-refractivity contribution in [1.82, 2.24) is 34.4 Å². The van der Waals surface area contributed by atoms with Gasteiger partial charge in [-0.05, 0) is 31.4 Å². The third-order valence-electron chi connectivity index (χ3n) is 8.80. The first-order valence-corrected chi connectivity index (χ1v) is 16.1. The number of aromatic nitrogens is 6. The molecule has 1 fully saturated rings. The van der Waals surface area contributed by atoms with E-state index in [4.69, 9.17) is 4.98 Å². The van der Waals surface area contributed by atoms with Gasteiger partial charge in [0.05, 0.1) is 30.4 Å². The lowest BCUT2D eigenvalue weighted by Crippen LogP contribution is -2.48. The van der Waals surface area contributed by atoms with Crippen LogP contribution in [0.3, 0.4) is 0 Å². The minimum atomic E-state index is -5.14. The van der Waals surface area contributed by atoms with Crippen molar-refractivity contribution in [3.8, 4) is 0 Å². The molecule has 0 bridgehead atoms. The molecule has 258 valence electrons. The van der Waals surface area contributed by atoms with Crippen LogP contribution in [-0.2, 0) is 11.2 Å². The number of aliphatic hydroxyl groups is 2. The number of imidazole rings is 2. The lowest BCUT2D eigenvalue weighted by Gasteiger charge is -2.20. The molecular weight excluding hydrogens is 639 g/mol. The molecule has 0 saturated heterocycles. The van der Waals surface area contributed by atoms with Gasteiger partial charge in [-0.3, -0.25) is 4.79 Å². The van der Waals surface area contributed by atoms with E-state index in [-0.39, 0.29) is 24.3 Å². The molecule has 0 aliphatic heterocycles. The molecule has 3 aromatic heterocycles. The number of benzene rings is 2. The molecule has 15 heteroatoms. The number of carbonyl (C=O) groups excluding carboxylic acids is 1. The second-order valence-electron chi connectivity index (χ2n) is 12.4. The maximum absolute atomic E-state index is 13.0. The Kier molecular flexibility index (Phi) is 9.83. The van der Waals surface area contributed by atoms with Crippen LogP contribution in [0, 0.1) is 0 Å². The highest BCUT2D eigenvalue weighted by Crippen LogP contribution is 2.35. The number of nitrogens with one attached hydrogen (secondary N) is 3. The lowest BCUT2D eigenvalue weighted by atomic mass is 9.91. The van der Waals surface area contributed by atoms with Crippen molar-refractivity contribution < 1.29 is 28.2 Å². The Bertz CT molecular complexity index is 1830. The van der Waals surface area contributed by atoms with E-state index < -0.39 is 36.4 Å². The molecule has 3 heterocycles. The molecule has 1 aliphatic carbocycles. The summed E-state index contributed by atoms with van der Waals surface area (Å²) in [6.45, 7) is 5.02. The number of fused-ring (bicyclic) bond motifs is 1. The largest absolute Gasteiger partial charge is 0.471 e. The zero-order valence-corrected chi connectivity index (χ0v) is 26.9. The van der Waals surface area contributed by atoms with Gasteiger partial charge in [-0.15, -0.1) is 0 Å². The van der Waals surface area contributed by atoms with Crippen LogP contribution in [0.4, 0.5) is 24.9 Å². The molecule has 1 saturated carbocycles. The fourth-order valence-corrected chi connectivity index (χ4v) is 6.13. The molecule has 2 aromatic carbocycles. The van der Waals surface area contributed by atoms with E-state index in [1.165, 1.54) is 10.9 Å². The maximum atomic E-state index is 13.0. The highest BCUT2D eigenvalue weighted by atomic mass is 19.4. The Morgan fingerprint density at radius 3 is 2.22 bits per heavy atom. The number of hydrogen-bond donors (Lipinski definition) is 5. The smallest absolute Gasteiger partial charge is 0.388 e. The molecule has 5 N–H and O–H groups in total. The van der Waals surface area contributed by atoms with Crippen molar-refractivity contribution in [3.63, 3.8) is 0 Å². The summed E-state index contributed by atoms with van der Waals surface area (Å²) in [6, 6.07) is 18.0. The van der Waals surface area contributed by atoms with Gasteiger partial charge in [0.2, 0.25) is 5.95 Å². The molecular formula is C34H38F3N9O3. The van der Waals surface area contributed by atoms with Crippen LogP contribution in [-0.4, -0.2) is 82.7 Å². The summed E-state index contributed by atoms with van der Waals surface area (Å²) >= 11 is 0. The Labute approximate surface area is 280 Å². The molecule has 0 unspecified atom stereocenters. The van der Waals surface area contributed by atoms with E-state index in [1.54, 1.807) is 11.6 Å². The quantitative estimate of drug-likeness (QED) is 0.131. The summed E-state index contributed by atoms with van der Waals surface area (Å²) in [5, 5.41) is 30.0. The predicted molar refractivity (Wildman–Crippen MR) is 177 cm³/mol. The normalized spacial score (nSPS) is 19.5. The van der Waals surface area contributed by atoms with Crippen LogP contribution in [0.5, 0.6) is 0 Å². The van der Waals surface area contributed by atoms with E-state index in [0.717, 1.165) is 16.8 Å². The van der Waals surface area contributed by atoms with Crippen LogP contribution < -0.4 is 16.0 Å². The van der Waals surface area contributed by atoms with Crippen molar-refractivity contribution in [2.45, 2.75) is 69.1 Å². The van der Waals surface area contributed by atoms with Gasteiger partial charge in [0, 0.05) is 37.7 Å². The number of carbonyl (C=O) groups is 1. The standard InChI is InChI=1S/C34H38F3N9O3/c1-20(2)45-17-23(40-18-45)13-14-38-33-43-30(39-16-24(21-9-5-3-6-10-21)22-11-7-4-8-12-22)27-31(44-33)46(19-41-27)26-15-25(28(47)29(26)48)42-32(49)34(35,36)37/h3-12,17-20,24-26,28-29,47-48H,13-16H2,1-2H3,(H,42,49)(H2,38,39,43,44)/t25-,26+,28+,29-/m0/s1. The average molecular weight is 678 g/mol. The first kappa shape index (κ1) is 33.9. The van der Waals surface area contributed by atoms with Crippen LogP contribution in [0.15, 0.2) is 79.5 Å². The molecule has 0 spiro atoms. The van der Waals surface area contributed by atoms with Gasteiger partial charge in [-0.25, -0.2) is 9.97 Å². The van der Waals surface area contributed by atoms with Crippen LogP contribution in [0.2, 0.25) is 0 Å². The van der Waals surface area contributed by atoms with E-state index in [9.17, 15) is 28.2 Å². The second kappa shape index (κ2) is 14.2. The van der Waals surface area contributed by atoms with Crippen molar-refractivity contribution >= 4 is 28.8 Å². The third-order valence-corrected chi connectivity index (χ3v) is 8.80. The number of rotatable bonds is 12. The van der Waals surface area contributed by atoms with Gasteiger partial charge in [0.1, 0.15) is 12.2 Å². The van der Waals surface area contributed by atoms with Crippen LogP contribution in [0.1, 0.15) is 55.1 Å². The Morgan fingerprint density at radius 1 is 0.939 bits per heavy atom. The van der Waals surface area contributed by atoms with Crippen molar-refractivity contribution in [2.75, 3.05) is 23.7 Å². The zero-order valence-electron chi connectivity index (χ0n) is 26.9. The summed E-state index contributed by atoms with van der Waals surface area (Å²) in [5.74, 6) is -1.58. The van der Waals surface area contributed by atoms with E-state index in [0.29, 0.717) is 36.5 Å². The molecule has 1 amide bonds. The summed E-state index contributed by atoms with van der Waals surface area (Å²) in [5.41, 5.74) is 3.72. The average Bonchev–Trinajstić information content (AvgIpc) is 3.80. The van der Waals surface area contributed by atoms with Gasteiger partial charge in [0.25, 0.3) is 0 Å². The maximum Gasteiger partial charge on any atom is 0.471 e. The minimum Gasteiger partial charge on any atom is -0.388 e. The van der Waals surface area contributed by atoms with Crippen molar-refractivity contribution in [3.05, 3.63) is 96.3 Å². The highest BCUT2D eigenvalue weighted by molar-refractivity contribution is 5.84. The number of alkyl halides is 3. The van der Waals surface area contributed by atoms with Gasteiger partial charge in [0.15, 0.2) is 17.0 Å². The first-order valence-electron chi connectivity index (χ1n) is 16.1. The Hall–Kier alpha value is -5.02. The van der Waals surface area contributed by atoms with Crippen molar-refractivity contribution in [1.29, 1.82) is 0 Å². The van der Waals surface area contributed by atoms with E-state index in [1.807, 2.05) is 47.2 Å². The zero-order chi connectivity index (χ0) is 34.7. The summed E-state index contributed by atoms with van der Waals surface area (Å²) in [4.78, 5) is 30.1. The molecule has 0 radical (unpaired) electrons. The molecule has 49 heavy (non-hydrogen) atoms. The number of halogens is 3. The first-order chi connectivity index (χ1) is 23.5. The van der Waals surface area contributed by atoms with Crippen LogP contribution in [0.25, 0.3) is 11.2 Å². The minimum absolute atomic E-state index is 0.0493. The number of anilines is 2. The monoisotopic (exact) mass is 677 g/mol. The van der Waals surface area contributed by atoms with Gasteiger partial charge >= 0.3 is 12.1 Å². The van der Waals surface area contributed by atoms with Gasteiger partial charge in [-0.2, -0.15) is 23.1 Å². The van der Waals surface area contributed by atoms with E-state index >= 15 is 0 Å². The molecule has 12 nitrogen and oxygen atoms in total. The second-order valence-corrected chi connectivity index (χ2v) is 12.4. The van der Waals surface area contributed by atoms with Gasteiger partial charge in [-0.1, -0.05) is 60.7 Å². The number of aliphatic hydroxyl groups excluding tert-OH is 2.